The Morgan fingerprint density at radius 2 is 1.78 bits per heavy atom. The van der Waals surface area contributed by atoms with Gasteiger partial charge in [0.2, 0.25) is 11.8 Å². The number of hydrogen-bond acceptors (Lipinski definition) is 5. The molecule has 2 aliphatic heterocycles. The highest BCUT2D eigenvalue weighted by Crippen LogP contribution is 2.65. The van der Waals surface area contributed by atoms with Gasteiger partial charge in [-0.25, -0.2) is 0 Å². The zero-order valence-electron chi connectivity index (χ0n) is 31.8. The van der Waals surface area contributed by atoms with Gasteiger partial charge in [0.1, 0.15) is 5.78 Å². The minimum absolute atomic E-state index is 0.0962. The van der Waals surface area contributed by atoms with Gasteiger partial charge in [-0.2, -0.15) is 0 Å². The van der Waals surface area contributed by atoms with E-state index in [2.05, 4.69) is 61.4 Å². The molecular weight excluding hydrogens is 635 g/mol. The minimum atomic E-state index is -0.179. The van der Waals surface area contributed by atoms with Crippen molar-refractivity contribution < 1.29 is 19.1 Å². The topological polar surface area (TPSA) is 87.7 Å². The molecule has 278 valence electrons. The number of carbonyl (C=O) groups excluding carboxylic acids is 3. The molecule has 2 amide bonds. The quantitative estimate of drug-likeness (QED) is 0.176. The number of hydrogen-bond donors (Lipinski definition) is 2. The van der Waals surface area contributed by atoms with E-state index in [1.54, 1.807) is 11.1 Å². The van der Waals surface area contributed by atoms with Gasteiger partial charge in [0, 0.05) is 63.8 Å². The molecule has 0 unspecified atom stereocenters. The zero-order valence-corrected chi connectivity index (χ0v) is 31.8. The van der Waals surface area contributed by atoms with Crippen molar-refractivity contribution in [2.75, 3.05) is 26.2 Å². The van der Waals surface area contributed by atoms with E-state index in [1.165, 1.54) is 24.0 Å². The summed E-state index contributed by atoms with van der Waals surface area (Å²) in [7, 11) is 0. The van der Waals surface area contributed by atoms with E-state index in [0.29, 0.717) is 73.8 Å². The van der Waals surface area contributed by atoms with Crippen molar-refractivity contribution in [3.8, 4) is 0 Å². The molecule has 1 spiro atoms. The third kappa shape index (κ3) is 7.28. The molecule has 2 N–H and O–H groups in total. The molecule has 7 rings (SSSR count). The normalized spacial score (nSPS) is 35.9. The lowest BCUT2D eigenvalue weighted by atomic mass is 9.57. The largest absolute Gasteiger partial charge is 0.365 e. The van der Waals surface area contributed by atoms with E-state index >= 15 is 0 Å². The number of ether oxygens (including phenoxy) is 1. The SMILES string of the molecule is CC1=C2C[C@@H]3[C@@H](CC=C4CC(=O)CC[C@@]43C)[C@H]2CC[C@@]12O[C@@H]1C[C@@H](C)CN(CCNC(=O)CCCCCNC(=O)CCc3ccccc3)[C@H]1[C@H]2C. The number of amides is 2. The second kappa shape index (κ2) is 15.3. The third-order valence-corrected chi connectivity index (χ3v) is 14.6. The summed E-state index contributed by atoms with van der Waals surface area (Å²) in [6.45, 7) is 13.0. The number of carbonyl (C=O) groups is 3. The van der Waals surface area contributed by atoms with Crippen LogP contribution in [-0.4, -0.2) is 66.4 Å². The van der Waals surface area contributed by atoms with Crippen LogP contribution >= 0.6 is 0 Å². The summed E-state index contributed by atoms with van der Waals surface area (Å²) >= 11 is 0. The van der Waals surface area contributed by atoms with Gasteiger partial charge in [0.15, 0.2) is 0 Å². The third-order valence-electron chi connectivity index (χ3n) is 14.6. The number of unbranched alkanes of at least 4 members (excludes halogenated alkanes) is 2. The molecule has 4 fully saturated rings. The monoisotopic (exact) mass is 697 g/mol. The summed E-state index contributed by atoms with van der Waals surface area (Å²) in [6, 6.07) is 10.5. The molecule has 7 heteroatoms. The van der Waals surface area contributed by atoms with Crippen LogP contribution in [0.5, 0.6) is 0 Å². The molecule has 2 heterocycles. The van der Waals surface area contributed by atoms with E-state index in [0.717, 1.165) is 70.9 Å². The number of Topliss-reactive ketones (excluding diaryl/α,β-unsaturated/α-hetero) is 1. The lowest BCUT2D eigenvalue weighted by molar-refractivity contribution is -0.122. The van der Waals surface area contributed by atoms with Crippen molar-refractivity contribution >= 4 is 17.6 Å². The molecule has 4 aliphatic carbocycles. The Morgan fingerprint density at radius 1 is 1.00 bits per heavy atom. The number of fused-ring (bicyclic) bond motifs is 6. The molecule has 9 atom stereocenters. The minimum Gasteiger partial charge on any atom is -0.365 e. The van der Waals surface area contributed by atoms with Gasteiger partial charge in [-0.15, -0.1) is 0 Å². The zero-order chi connectivity index (χ0) is 35.8. The maximum atomic E-state index is 12.8. The molecule has 51 heavy (non-hydrogen) atoms. The average molecular weight is 698 g/mol. The van der Waals surface area contributed by atoms with Crippen LogP contribution in [0.2, 0.25) is 0 Å². The van der Waals surface area contributed by atoms with Crippen LogP contribution in [0.15, 0.2) is 53.1 Å². The van der Waals surface area contributed by atoms with E-state index in [9.17, 15) is 14.4 Å². The van der Waals surface area contributed by atoms with Crippen LogP contribution in [0, 0.1) is 35.0 Å². The summed E-state index contributed by atoms with van der Waals surface area (Å²) in [5.74, 6) is 3.68. The van der Waals surface area contributed by atoms with Crippen molar-refractivity contribution in [1.29, 1.82) is 0 Å². The summed E-state index contributed by atoms with van der Waals surface area (Å²) in [6.07, 6.45) is 15.4. The molecule has 1 aromatic rings. The number of allylic oxidation sites excluding steroid dienone is 3. The Morgan fingerprint density at radius 3 is 2.61 bits per heavy atom. The smallest absolute Gasteiger partial charge is 0.220 e. The Labute approximate surface area is 306 Å². The number of ketones is 1. The van der Waals surface area contributed by atoms with E-state index in [4.69, 9.17) is 4.74 Å². The maximum Gasteiger partial charge on any atom is 0.220 e. The first kappa shape index (κ1) is 36.6. The molecule has 2 saturated carbocycles. The number of piperidine rings is 1. The van der Waals surface area contributed by atoms with Crippen molar-refractivity contribution in [2.45, 2.75) is 135 Å². The van der Waals surface area contributed by atoms with Gasteiger partial charge >= 0.3 is 0 Å². The van der Waals surface area contributed by atoms with Crippen LogP contribution in [0.4, 0.5) is 0 Å². The second-order valence-corrected chi connectivity index (χ2v) is 17.5. The summed E-state index contributed by atoms with van der Waals surface area (Å²) in [4.78, 5) is 40.0. The molecule has 0 bridgehead atoms. The summed E-state index contributed by atoms with van der Waals surface area (Å²) in [5.41, 5.74) is 5.87. The standard InChI is InChI=1S/C44H63N3O4/c1-29-25-39-42(47(28-29)24-23-46-40(49)13-9-6-10-22-45-41(50)17-14-32-11-7-5-8-12-32)31(3)44(51-39)21-19-35-36-16-15-33-26-34(48)18-20-43(33,4)38(36)27-37(35)30(44)2/h5,7-8,11-12,15,29,31,35-36,38-39,42H,6,9-10,13-14,16-28H2,1-4H3,(H,45,50)(H,46,49)/t29-,31-,35-,36+,38-,39-,42+,43+,44-/m1/s1. The van der Waals surface area contributed by atoms with Crippen LogP contribution in [0.25, 0.3) is 0 Å². The van der Waals surface area contributed by atoms with Gasteiger partial charge in [-0.05, 0) is 105 Å². The lowest BCUT2D eigenvalue weighted by Gasteiger charge is -2.47. The van der Waals surface area contributed by atoms with Crippen molar-refractivity contribution in [2.24, 2.45) is 35.0 Å². The predicted octanol–water partition coefficient (Wildman–Crippen LogP) is 7.35. The van der Waals surface area contributed by atoms with E-state index < -0.39 is 0 Å². The van der Waals surface area contributed by atoms with Crippen molar-refractivity contribution in [1.82, 2.24) is 15.5 Å². The average Bonchev–Trinajstić information content (AvgIpc) is 3.64. The van der Waals surface area contributed by atoms with Gasteiger partial charge in [0.25, 0.3) is 0 Å². The van der Waals surface area contributed by atoms with Crippen LogP contribution in [-0.2, 0) is 25.5 Å². The van der Waals surface area contributed by atoms with Gasteiger partial charge in [-0.1, -0.05) is 74.7 Å². The van der Waals surface area contributed by atoms with Gasteiger partial charge in [-0.3, -0.25) is 19.3 Å². The van der Waals surface area contributed by atoms with Gasteiger partial charge < -0.3 is 15.4 Å². The highest BCUT2D eigenvalue weighted by molar-refractivity contribution is 5.82. The number of aryl methyl sites for hydroxylation is 1. The number of nitrogens with one attached hydrogen (secondary N) is 2. The van der Waals surface area contributed by atoms with Crippen LogP contribution < -0.4 is 10.6 Å². The first-order chi connectivity index (χ1) is 24.6. The first-order valence-corrected chi connectivity index (χ1v) is 20.5. The number of nitrogens with zero attached hydrogens (tertiary/aromatic N) is 1. The Kier molecular flexibility index (Phi) is 11.0. The molecule has 6 aliphatic rings. The fourth-order valence-corrected chi connectivity index (χ4v) is 11.8. The lowest BCUT2D eigenvalue weighted by Crippen LogP contribution is -2.54. The molecule has 2 saturated heterocycles. The second-order valence-electron chi connectivity index (χ2n) is 17.5. The van der Waals surface area contributed by atoms with Gasteiger partial charge in [0.05, 0.1) is 11.7 Å². The van der Waals surface area contributed by atoms with E-state index in [1.807, 2.05) is 18.2 Å². The maximum absolute atomic E-state index is 12.8. The first-order valence-electron chi connectivity index (χ1n) is 20.5. The number of likely N-dealkylation sites (tertiary alicyclic amines) is 1. The van der Waals surface area contributed by atoms with Crippen LogP contribution in [0.1, 0.15) is 117 Å². The highest BCUT2D eigenvalue weighted by Gasteiger charge is 2.61. The van der Waals surface area contributed by atoms with Crippen molar-refractivity contribution in [3.05, 3.63) is 58.7 Å². The summed E-state index contributed by atoms with van der Waals surface area (Å²) in [5, 5.41) is 6.25. The Balaban J connectivity index is 0.881. The molecule has 0 aromatic heterocycles. The highest BCUT2D eigenvalue weighted by atomic mass is 16.5. The molecule has 1 aromatic carbocycles. The van der Waals surface area contributed by atoms with Crippen LogP contribution in [0.3, 0.4) is 0 Å². The molecular formula is C44H63N3O4. The number of benzene rings is 1. The molecule has 0 radical (unpaired) electrons. The Hall–Kier alpha value is -2.77. The number of rotatable bonds is 12. The molecule has 7 nitrogen and oxygen atoms in total. The van der Waals surface area contributed by atoms with E-state index in [-0.39, 0.29) is 28.9 Å². The summed E-state index contributed by atoms with van der Waals surface area (Å²) < 4.78 is 7.32. The predicted molar refractivity (Wildman–Crippen MR) is 202 cm³/mol. The van der Waals surface area contributed by atoms with Crippen molar-refractivity contribution in [3.63, 3.8) is 0 Å². The Bertz CT molecular complexity index is 1520. The fourth-order valence-electron chi connectivity index (χ4n) is 11.8. The fraction of sp³-hybridized carbons (Fsp3) is 0.705.